The lowest BCUT2D eigenvalue weighted by Crippen LogP contribution is -2.19. The number of fused-ring (bicyclic) bond motifs is 4. The van der Waals surface area contributed by atoms with Gasteiger partial charge in [0.2, 0.25) is 0 Å². The van der Waals surface area contributed by atoms with Crippen molar-refractivity contribution in [3.8, 4) is 5.40 Å². The average Bonchev–Trinajstić information content (AvgIpc) is 3.10. The summed E-state index contributed by atoms with van der Waals surface area (Å²) in [5.41, 5.74) is 9.56. The van der Waals surface area contributed by atoms with Crippen LogP contribution in [-0.2, 0) is 12.8 Å². The van der Waals surface area contributed by atoms with E-state index in [9.17, 15) is 0 Å². The third-order valence-electron chi connectivity index (χ3n) is 7.95. The Kier molecular flexibility index (Phi) is 12.0. The highest BCUT2D eigenvalue weighted by Crippen LogP contribution is 2.19. The van der Waals surface area contributed by atoms with Crippen molar-refractivity contribution in [1.29, 1.82) is 5.26 Å². The number of isothiocyanates is 1. The van der Waals surface area contributed by atoms with Crippen molar-refractivity contribution in [2.75, 3.05) is 13.1 Å². The molecule has 5 rings (SSSR count). The van der Waals surface area contributed by atoms with Gasteiger partial charge in [-0.25, -0.2) is 9.97 Å². The fourth-order valence-electron chi connectivity index (χ4n) is 5.35. The zero-order valence-electron chi connectivity index (χ0n) is 27.5. The zero-order valence-corrected chi connectivity index (χ0v) is 29.1. The van der Waals surface area contributed by atoms with Crippen molar-refractivity contribution in [1.82, 2.24) is 9.97 Å². The molecule has 0 spiro atoms. The molecule has 1 aliphatic heterocycles. The quantitative estimate of drug-likeness (QED) is 0.0896. The molecule has 10 heteroatoms. The summed E-state index contributed by atoms with van der Waals surface area (Å²) < 4.78 is 0. The lowest BCUT2D eigenvalue weighted by Gasteiger charge is -2.15. The van der Waals surface area contributed by atoms with Crippen LogP contribution >= 0.6 is 24.0 Å². The van der Waals surface area contributed by atoms with E-state index in [4.69, 9.17) is 47.4 Å². The van der Waals surface area contributed by atoms with Crippen LogP contribution in [0.1, 0.15) is 61.6 Å². The fraction of sp³-hybridized carbons (Fsp3) is 0.263. The van der Waals surface area contributed by atoms with Crippen LogP contribution in [0.25, 0.3) is 0 Å². The molecular formula is C38H36N8S2. The Morgan fingerprint density at radius 1 is 0.667 bits per heavy atom. The van der Waals surface area contributed by atoms with E-state index >= 15 is 0 Å². The second-order valence-electron chi connectivity index (χ2n) is 11.5. The summed E-state index contributed by atoms with van der Waals surface area (Å²) in [5.74, 6) is 0. The van der Waals surface area contributed by atoms with E-state index in [1.165, 1.54) is 0 Å². The number of thiocarbonyl (C=S) groups is 1. The molecule has 0 fully saturated rings. The molecule has 2 atom stereocenters. The molecule has 0 saturated heterocycles. The number of pyridine rings is 2. The molecule has 240 valence electrons. The van der Waals surface area contributed by atoms with Gasteiger partial charge < -0.3 is 0 Å². The Bertz CT molecular complexity index is 1970. The largest absolute Gasteiger partial charge is 0.286 e. The second-order valence-corrected chi connectivity index (χ2v) is 12.6. The Labute approximate surface area is 291 Å². The van der Waals surface area contributed by atoms with Gasteiger partial charge >= 0.3 is 0 Å². The Hall–Kier alpha value is -4.94. The molecule has 2 aromatic carbocycles. The van der Waals surface area contributed by atoms with Gasteiger partial charge in [-0.15, -0.1) is 0 Å². The maximum absolute atomic E-state index is 9.03. The van der Waals surface area contributed by atoms with E-state index in [0.717, 1.165) is 79.1 Å². The first-order valence-electron chi connectivity index (χ1n) is 15.7. The standard InChI is InChI=1S/C38H36N8S2/c1-25-35-7-6-10-38(46-35)28(4)44-33(20-30-13-17-34(18-14-30)48-23-39)22-41-26(2)36-8-5-9-37(45-36)27(3)43-32(21-40-25)19-29-11-15-31(16-12-29)42-24-47/h5-18,32-33H,19-22H2,1-4H3/b40-25+,41-26+,43-27+,44-28+/t32-,33?/m0/s1. The minimum absolute atomic E-state index is 0.126. The maximum Gasteiger partial charge on any atom is 0.138 e. The van der Waals surface area contributed by atoms with Gasteiger partial charge in [-0.2, -0.15) is 10.3 Å². The number of thioether (sulfide) groups is 1. The van der Waals surface area contributed by atoms with Gasteiger partial charge in [0, 0.05) is 4.90 Å². The molecular weight excluding hydrogens is 633 g/mol. The lowest BCUT2D eigenvalue weighted by atomic mass is 10.1. The van der Waals surface area contributed by atoms with Gasteiger partial charge in [-0.1, -0.05) is 36.4 Å². The number of aromatic nitrogens is 2. The number of thiocyanates is 1. The minimum atomic E-state index is -0.129. The van der Waals surface area contributed by atoms with Crippen molar-refractivity contribution in [3.63, 3.8) is 0 Å². The van der Waals surface area contributed by atoms with Crippen LogP contribution in [-0.4, -0.2) is 63.1 Å². The smallest absolute Gasteiger partial charge is 0.138 e. The van der Waals surface area contributed by atoms with Gasteiger partial charge in [0.25, 0.3) is 0 Å². The molecule has 0 amide bonds. The SMILES string of the molecule is C/C1=N\C[C@H](Cc2ccc(N=C=S)cc2)/N=C(\C)c2cccc(n2)/C(C)=N/CC(Cc2ccc(SC#N)cc2)/N=C(\C)c2cccc1n2. The first-order valence-corrected chi connectivity index (χ1v) is 16.9. The van der Waals surface area contributed by atoms with E-state index in [2.05, 4.69) is 27.7 Å². The van der Waals surface area contributed by atoms with Crippen molar-refractivity contribution >= 4 is 57.7 Å². The predicted molar refractivity (Wildman–Crippen MR) is 201 cm³/mol. The van der Waals surface area contributed by atoms with Crippen LogP contribution in [0.2, 0.25) is 0 Å². The molecule has 8 nitrogen and oxygen atoms in total. The summed E-state index contributed by atoms with van der Waals surface area (Å²) in [6.07, 6.45) is 1.38. The van der Waals surface area contributed by atoms with Crippen LogP contribution in [0.5, 0.6) is 0 Å². The normalized spacial score (nSPS) is 21.2. The monoisotopic (exact) mass is 668 g/mol. The maximum atomic E-state index is 9.03. The number of nitrogens with zero attached hydrogens (tertiary/aromatic N) is 8. The molecule has 2 aromatic heterocycles. The highest BCUT2D eigenvalue weighted by Gasteiger charge is 2.15. The van der Waals surface area contributed by atoms with E-state index in [1.807, 2.05) is 100 Å². The third-order valence-corrected chi connectivity index (χ3v) is 8.64. The molecule has 4 bridgehead atoms. The Morgan fingerprint density at radius 3 is 1.54 bits per heavy atom. The highest BCUT2D eigenvalue weighted by atomic mass is 32.2. The fourth-order valence-corrected chi connectivity index (χ4v) is 5.84. The van der Waals surface area contributed by atoms with Gasteiger partial charge in [0.15, 0.2) is 0 Å². The van der Waals surface area contributed by atoms with Crippen molar-refractivity contribution in [2.24, 2.45) is 25.0 Å². The minimum Gasteiger partial charge on any atom is -0.286 e. The van der Waals surface area contributed by atoms with E-state index in [1.54, 1.807) is 0 Å². The molecule has 1 unspecified atom stereocenters. The van der Waals surface area contributed by atoms with Gasteiger partial charge in [0.1, 0.15) is 5.40 Å². The van der Waals surface area contributed by atoms with Gasteiger partial charge in [0.05, 0.1) is 81.6 Å². The number of hydrogen-bond donors (Lipinski definition) is 0. The van der Waals surface area contributed by atoms with Crippen molar-refractivity contribution in [3.05, 3.63) is 119 Å². The molecule has 1 aliphatic rings. The summed E-state index contributed by atoms with van der Waals surface area (Å²) in [4.78, 5) is 35.1. The molecule has 0 saturated carbocycles. The highest BCUT2D eigenvalue weighted by molar-refractivity contribution is 8.03. The number of hydrogen-bond acceptors (Lipinski definition) is 10. The molecule has 0 N–H and O–H groups in total. The van der Waals surface area contributed by atoms with Crippen LogP contribution in [0.4, 0.5) is 5.69 Å². The van der Waals surface area contributed by atoms with Crippen LogP contribution in [0, 0.1) is 10.7 Å². The number of benzene rings is 2. The Balaban J connectivity index is 1.52. The summed E-state index contributed by atoms with van der Waals surface area (Å²) in [7, 11) is 0. The number of aliphatic imine (C=N–C) groups is 5. The topological polar surface area (TPSA) is 111 Å². The molecule has 4 aromatic rings. The van der Waals surface area contributed by atoms with Crippen LogP contribution in [0.3, 0.4) is 0 Å². The first kappa shape index (κ1) is 34.4. The summed E-state index contributed by atoms with van der Waals surface area (Å²) >= 11 is 5.91. The van der Waals surface area contributed by atoms with Crippen LogP contribution < -0.4 is 0 Å². The Morgan fingerprint density at radius 2 is 1.10 bits per heavy atom. The van der Waals surface area contributed by atoms with E-state index < -0.39 is 0 Å². The number of nitriles is 1. The molecule has 48 heavy (non-hydrogen) atoms. The summed E-state index contributed by atoms with van der Waals surface area (Å²) in [6.45, 7) is 8.93. The lowest BCUT2D eigenvalue weighted by molar-refractivity contribution is 0.680. The molecule has 0 radical (unpaired) electrons. The van der Waals surface area contributed by atoms with Crippen molar-refractivity contribution in [2.45, 2.75) is 57.5 Å². The number of rotatable bonds is 6. The predicted octanol–water partition coefficient (Wildman–Crippen LogP) is 7.96. The van der Waals surface area contributed by atoms with E-state index in [-0.39, 0.29) is 12.1 Å². The molecule has 0 aliphatic carbocycles. The molecule has 3 heterocycles. The summed E-state index contributed by atoms with van der Waals surface area (Å²) in [6, 6.07) is 27.7. The van der Waals surface area contributed by atoms with E-state index in [0.29, 0.717) is 25.9 Å². The van der Waals surface area contributed by atoms with Gasteiger partial charge in [-0.05, 0) is 124 Å². The van der Waals surface area contributed by atoms with Gasteiger partial charge in [-0.3, -0.25) is 20.0 Å². The van der Waals surface area contributed by atoms with Crippen LogP contribution in [0.15, 0.2) is 115 Å². The average molecular weight is 669 g/mol. The van der Waals surface area contributed by atoms with Crippen molar-refractivity contribution < 1.29 is 0 Å². The first-order chi connectivity index (χ1) is 23.3. The zero-order chi connectivity index (χ0) is 33.9. The summed E-state index contributed by atoms with van der Waals surface area (Å²) in [5, 5.41) is 13.6. The second kappa shape index (κ2) is 16.8. The third kappa shape index (κ3) is 9.55.